The van der Waals surface area contributed by atoms with Crippen LogP contribution in [0.1, 0.15) is 19.5 Å². The fraction of sp³-hybridized carbons (Fsp3) is 0.316. The predicted octanol–water partition coefficient (Wildman–Crippen LogP) is 2.37. The molecule has 1 saturated heterocycles. The Kier molecular flexibility index (Phi) is 4.18. The Morgan fingerprint density at radius 1 is 1.12 bits per heavy atom. The quantitative estimate of drug-likeness (QED) is 0.582. The van der Waals surface area contributed by atoms with Crippen molar-refractivity contribution in [3.63, 3.8) is 0 Å². The molecule has 4 heterocycles. The fourth-order valence-corrected chi connectivity index (χ4v) is 3.16. The Labute approximate surface area is 151 Å². The van der Waals surface area contributed by atoms with E-state index in [2.05, 4.69) is 45.0 Å². The standard InChI is InChI=1S/C19H22N6O/c1-10-4-5-13(8-20-10)16-7-14-6-15(9-21-18(14)23-16)22-19(26)17-11(2)12(3)24-25-17/h4-9,11-12,17,24-25H,1-3H3,(H,21,23)(H,22,26). The summed E-state index contributed by atoms with van der Waals surface area (Å²) in [7, 11) is 0. The van der Waals surface area contributed by atoms with Crippen LogP contribution in [0.15, 0.2) is 36.7 Å². The number of nitrogens with one attached hydrogen (secondary N) is 4. The van der Waals surface area contributed by atoms with Gasteiger partial charge in [0.05, 0.1) is 11.9 Å². The largest absolute Gasteiger partial charge is 0.339 e. The van der Waals surface area contributed by atoms with Crippen LogP contribution in [0.3, 0.4) is 0 Å². The summed E-state index contributed by atoms with van der Waals surface area (Å²) < 4.78 is 0. The lowest BCUT2D eigenvalue weighted by Crippen LogP contribution is -2.41. The minimum absolute atomic E-state index is 0.0611. The maximum atomic E-state index is 12.5. The van der Waals surface area contributed by atoms with Gasteiger partial charge < -0.3 is 10.3 Å². The second kappa shape index (κ2) is 6.51. The number of carbonyl (C=O) groups is 1. The van der Waals surface area contributed by atoms with Gasteiger partial charge in [-0.15, -0.1) is 0 Å². The van der Waals surface area contributed by atoms with Crippen molar-refractivity contribution in [2.24, 2.45) is 5.92 Å². The molecule has 3 aromatic heterocycles. The van der Waals surface area contributed by atoms with Crippen molar-refractivity contribution in [1.82, 2.24) is 25.8 Å². The van der Waals surface area contributed by atoms with Gasteiger partial charge in [0.15, 0.2) is 0 Å². The zero-order valence-electron chi connectivity index (χ0n) is 15.0. The normalized spacial score (nSPS) is 22.7. The fourth-order valence-electron chi connectivity index (χ4n) is 3.16. The molecule has 3 aromatic rings. The highest BCUT2D eigenvalue weighted by molar-refractivity contribution is 5.97. The molecule has 1 fully saturated rings. The van der Waals surface area contributed by atoms with Gasteiger partial charge in [-0.3, -0.25) is 15.2 Å². The molecule has 0 aromatic carbocycles. The van der Waals surface area contributed by atoms with E-state index in [9.17, 15) is 4.79 Å². The maximum Gasteiger partial charge on any atom is 0.243 e. The van der Waals surface area contributed by atoms with Crippen LogP contribution in [-0.4, -0.2) is 32.9 Å². The van der Waals surface area contributed by atoms with E-state index in [4.69, 9.17) is 0 Å². The van der Waals surface area contributed by atoms with Crippen molar-refractivity contribution in [2.75, 3.05) is 5.32 Å². The number of fused-ring (bicyclic) bond motifs is 1. The van der Waals surface area contributed by atoms with E-state index in [1.807, 2.05) is 37.4 Å². The van der Waals surface area contributed by atoms with Gasteiger partial charge in [-0.25, -0.2) is 10.4 Å². The number of nitrogens with zero attached hydrogens (tertiary/aromatic N) is 2. The minimum Gasteiger partial charge on any atom is -0.339 e. The summed E-state index contributed by atoms with van der Waals surface area (Å²) in [5.41, 5.74) is 10.5. The number of rotatable bonds is 3. The van der Waals surface area contributed by atoms with E-state index in [1.165, 1.54) is 0 Å². The van der Waals surface area contributed by atoms with Crippen molar-refractivity contribution in [3.05, 3.63) is 42.4 Å². The van der Waals surface area contributed by atoms with Crippen LogP contribution < -0.4 is 16.2 Å². The molecule has 134 valence electrons. The summed E-state index contributed by atoms with van der Waals surface area (Å²) in [6.07, 6.45) is 3.51. The Balaban J connectivity index is 1.56. The van der Waals surface area contributed by atoms with Gasteiger partial charge in [0.1, 0.15) is 11.7 Å². The number of carbonyl (C=O) groups excluding carboxylic acids is 1. The highest BCUT2D eigenvalue weighted by Gasteiger charge is 2.34. The van der Waals surface area contributed by atoms with Gasteiger partial charge in [0.2, 0.25) is 5.91 Å². The number of aromatic nitrogens is 3. The summed E-state index contributed by atoms with van der Waals surface area (Å²) in [5, 5.41) is 3.90. The Morgan fingerprint density at radius 2 is 1.96 bits per heavy atom. The van der Waals surface area contributed by atoms with E-state index in [1.54, 1.807) is 6.20 Å². The number of hydrogen-bond donors (Lipinski definition) is 4. The molecule has 1 aliphatic rings. The average Bonchev–Trinajstić information content (AvgIpc) is 3.19. The van der Waals surface area contributed by atoms with E-state index in [0.717, 1.165) is 28.0 Å². The molecule has 0 aliphatic carbocycles. The highest BCUT2D eigenvalue weighted by atomic mass is 16.2. The molecule has 26 heavy (non-hydrogen) atoms. The molecule has 1 aliphatic heterocycles. The number of hydrazine groups is 1. The summed E-state index contributed by atoms with van der Waals surface area (Å²) in [5.74, 6) is 0.147. The molecule has 4 N–H and O–H groups in total. The third-order valence-corrected chi connectivity index (χ3v) is 5.02. The molecule has 3 unspecified atom stereocenters. The number of aromatic amines is 1. The van der Waals surface area contributed by atoms with Gasteiger partial charge >= 0.3 is 0 Å². The van der Waals surface area contributed by atoms with Crippen LogP contribution in [-0.2, 0) is 4.79 Å². The molecule has 7 nitrogen and oxygen atoms in total. The lowest BCUT2D eigenvalue weighted by atomic mass is 9.97. The Morgan fingerprint density at radius 3 is 2.65 bits per heavy atom. The Hall–Kier alpha value is -2.77. The second-order valence-electron chi connectivity index (χ2n) is 6.94. The third-order valence-electron chi connectivity index (χ3n) is 5.02. The number of pyridine rings is 2. The van der Waals surface area contributed by atoms with Gasteiger partial charge in [-0.2, -0.15) is 0 Å². The monoisotopic (exact) mass is 350 g/mol. The van der Waals surface area contributed by atoms with Gasteiger partial charge in [0, 0.05) is 34.6 Å². The first kappa shape index (κ1) is 16.7. The van der Waals surface area contributed by atoms with Gasteiger partial charge in [-0.1, -0.05) is 6.92 Å². The third kappa shape index (κ3) is 3.07. The summed E-state index contributed by atoms with van der Waals surface area (Å²) >= 11 is 0. The molecular weight excluding hydrogens is 328 g/mol. The van der Waals surface area contributed by atoms with Gasteiger partial charge in [-0.05, 0) is 44.0 Å². The van der Waals surface area contributed by atoms with E-state index < -0.39 is 0 Å². The lowest BCUT2D eigenvalue weighted by Gasteiger charge is -2.15. The van der Waals surface area contributed by atoms with Crippen molar-refractivity contribution in [1.29, 1.82) is 0 Å². The number of amides is 1. The van der Waals surface area contributed by atoms with Crippen molar-refractivity contribution < 1.29 is 4.79 Å². The van der Waals surface area contributed by atoms with Crippen LogP contribution in [0.2, 0.25) is 0 Å². The zero-order valence-corrected chi connectivity index (χ0v) is 15.0. The molecular formula is C19H22N6O. The summed E-state index contributed by atoms with van der Waals surface area (Å²) in [6, 6.07) is 7.94. The minimum atomic E-state index is -0.263. The van der Waals surface area contributed by atoms with E-state index >= 15 is 0 Å². The van der Waals surface area contributed by atoms with E-state index in [0.29, 0.717) is 5.69 Å². The van der Waals surface area contributed by atoms with Crippen LogP contribution in [0.5, 0.6) is 0 Å². The average molecular weight is 350 g/mol. The summed E-state index contributed by atoms with van der Waals surface area (Å²) in [6.45, 7) is 6.07. The van der Waals surface area contributed by atoms with Crippen molar-refractivity contribution >= 4 is 22.6 Å². The maximum absolute atomic E-state index is 12.5. The number of hydrogen-bond acceptors (Lipinski definition) is 5. The number of anilines is 1. The van der Waals surface area contributed by atoms with Gasteiger partial charge in [0.25, 0.3) is 0 Å². The number of H-pyrrole nitrogens is 1. The molecule has 1 amide bonds. The second-order valence-corrected chi connectivity index (χ2v) is 6.94. The first-order chi connectivity index (χ1) is 12.5. The SMILES string of the molecule is Cc1ccc(-c2cc3cc(NC(=O)C4NNC(C)C4C)cnc3[nH]2)cn1. The molecule has 0 spiro atoms. The Bertz CT molecular complexity index is 948. The van der Waals surface area contributed by atoms with Crippen molar-refractivity contribution in [2.45, 2.75) is 32.9 Å². The highest BCUT2D eigenvalue weighted by Crippen LogP contribution is 2.25. The predicted molar refractivity (Wildman–Crippen MR) is 101 cm³/mol. The van der Waals surface area contributed by atoms with Crippen LogP contribution in [0, 0.1) is 12.8 Å². The molecule has 7 heteroatoms. The van der Waals surface area contributed by atoms with Crippen molar-refractivity contribution in [3.8, 4) is 11.3 Å². The molecule has 0 saturated carbocycles. The number of aryl methyl sites for hydroxylation is 1. The molecule has 0 bridgehead atoms. The smallest absolute Gasteiger partial charge is 0.243 e. The molecule has 4 rings (SSSR count). The molecule has 3 atom stereocenters. The zero-order chi connectivity index (χ0) is 18.3. The topological polar surface area (TPSA) is 94.7 Å². The first-order valence-electron chi connectivity index (χ1n) is 8.75. The van der Waals surface area contributed by atoms with Crippen LogP contribution in [0.25, 0.3) is 22.3 Å². The summed E-state index contributed by atoms with van der Waals surface area (Å²) in [4.78, 5) is 24.6. The van der Waals surface area contributed by atoms with Crippen LogP contribution >= 0.6 is 0 Å². The van der Waals surface area contributed by atoms with Crippen LogP contribution in [0.4, 0.5) is 5.69 Å². The van der Waals surface area contributed by atoms with E-state index in [-0.39, 0.29) is 23.9 Å². The first-order valence-corrected chi connectivity index (χ1v) is 8.75. The lowest BCUT2D eigenvalue weighted by molar-refractivity contribution is -0.118. The molecule has 0 radical (unpaired) electrons.